The molecule has 5 heteroatoms. The fourth-order valence-electron chi connectivity index (χ4n) is 2.83. The number of carbonyl (C=O) groups excluding carboxylic acids is 1. The maximum Gasteiger partial charge on any atom is 0.254 e. The first-order valence-corrected chi connectivity index (χ1v) is 8.53. The Hall–Kier alpha value is -3.21. The highest BCUT2D eigenvalue weighted by Gasteiger charge is 2.13. The van der Waals surface area contributed by atoms with Crippen LogP contribution < -0.4 is 10.9 Å². The van der Waals surface area contributed by atoms with Gasteiger partial charge in [0.05, 0.1) is 11.7 Å². The van der Waals surface area contributed by atoms with Crippen LogP contribution in [-0.4, -0.2) is 15.5 Å². The van der Waals surface area contributed by atoms with E-state index in [2.05, 4.69) is 10.3 Å². The van der Waals surface area contributed by atoms with Crippen LogP contribution in [0.3, 0.4) is 0 Å². The van der Waals surface area contributed by atoms with Crippen molar-refractivity contribution in [1.29, 1.82) is 0 Å². The third-order valence-corrected chi connectivity index (χ3v) is 4.25. The molecule has 1 N–H and O–H groups in total. The Kier molecular flexibility index (Phi) is 5.27. The summed E-state index contributed by atoms with van der Waals surface area (Å²) in [6, 6.07) is 20.6. The van der Waals surface area contributed by atoms with Crippen LogP contribution in [0.5, 0.6) is 0 Å². The van der Waals surface area contributed by atoms with Gasteiger partial charge in [-0.1, -0.05) is 60.7 Å². The van der Waals surface area contributed by atoms with Gasteiger partial charge in [-0.25, -0.2) is 4.98 Å². The normalized spacial score (nSPS) is 11.8. The Labute approximate surface area is 152 Å². The lowest BCUT2D eigenvalue weighted by Gasteiger charge is -2.16. The molecule has 26 heavy (non-hydrogen) atoms. The third-order valence-electron chi connectivity index (χ3n) is 4.25. The molecule has 0 radical (unpaired) electrons. The van der Waals surface area contributed by atoms with E-state index in [1.54, 1.807) is 6.92 Å². The molecule has 132 valence electrons. The molecule has 0 fully saturated rings. The molecule has 0 aliphatic carbocycles. The van der Waals surface area contributed by atoms with Crippen molar-refractivity contribution in [1.82, 2.24) is 14.9 Å². The first-order valence-electron chi connectivity index (χ1n) is 8.53. The summed E-state index contributed by atoms with van der Waals surface area (Å²) in [5, 5.41) is 2.92. The summed E-state index contributed by atoms with van der Waals surface area (Å²) in [5.41, 5.74) is 2.27. The zero-order valence-corrected chi connectivity index (χ0v) is 14.8. The Morgan fingerprint density at radius 1 is 1.08 bits per heavy atom. The predicted molar refractivity (Wildman–Crippen MR) is 102 cm³/mol. The van der Waals surface area contributed by atoms with E-state index in [1.807, 2.05) is 67.6 Å². The second kappa shape index (κ2) is 7.78. The van der Waals surface area contributed by atoms with Gasteiger partial charge in [0.2, 0.25) is 5.91 Å². The first kappa shape index (κ1) is 17.6. The number of hydrogen-bond donors (Lipinski definition) is 1. The van der Waals surface area contributed by atoms with Crippen LogP contribution in [0, 0.1) is 6.92 Å². The molecule has 0 saturated heterocycles. The van der Waals surface area contributed by atoms with Crippen LogP contribution in [0.4, 0.5) is 0 Å². The molecule has 1 atom stereocenters. The number of amides is 1. The van der Waals surface area contributed by atoms with Gasteiger partial charge in [0, 0.05) is 11.6 Å². The van der Waals surface area contributed by atoms with Crippen molar-refractivity contribution < 1.29 is 4.79 Å². The van der Waals surface area contributed by atoms with Crippen molar-refractivity contribution >= 4 is 5.91 Å². The summed E-state index contributed by atoms with van der Waals surface area (Å²) < 4.78 is 1.39. The highest BCUT2D eigenvalue weighted by atomic mass is 16.2. The van der Waals surface area contributed by atoms with Crippen LogP contribution in [0.2, 0.25) is 0 Å². The van der Waals surface area contributed by atoms with Crippen LogP contribution in [-0.2, 0) is 11.3 Å². The maximum absolute atomic E-state index is 12.5. The van der Waals surface area contributed by atoms with E-state index in [0.717, 1.165) is 11.1 Å². The smallest absolute Gasteiger partial charge is 0.254 e. The van der Waals surface area contributed by atoms with E-state index >= 15 is 0 Å². The first-order chi connectivity index (χ1) is 12.5. The molecule has 1 amide bonds. The molecular weight excluding hydrogens is 326 g/mol. The van der Waals surface area contributed by atoms with Crippen LogP contribution >= 0.6 is 0 Å². The van der Waals surface area contributed by atoms with E-state index in [9.17, 15) is 9.59 Å². The van der Waals surface area contributed by atoms with Crippen molar-refractivity contribution in [3.05, 3.63) is 88.5 Å². The zero-order chi connectivity index (χ0) is 18.5. The number of rotatable bonds is 5. The Balaban J connectivity index is 1.76. The molecule has 0 bridgehead atoms. The van der Waals surface area contributed by atoms with Crippen molar-refractivity contribution in [3.63, 3.8) is 0 Å². The lowest BCUT2D eigenvalue weighted by atomic mass is 10.1. The average molecular weight is 347 g/mol. The van der Waals surface area contributed by atoms with E-state index in [4.69, 9.17) is 0 Å². The van der Waals surface area contributed by atoms with Crippen molar-refractivity contribution in [2.24, 2.45) is 0 Å². The molecule has 0 spiro atoms. The topological polar surface area (TPSA) is 64.0 Å². The summed E-state index contributed by atoms with van der Waals surface area (Å²) in [4.78, 5) is 29.3. The lowest BCUT2D eigenvalue weighted by Crippen LogP contribution is -2.35. The number of nitrogens with one attached hydrogen (secondary N) is 1. The minimum absolute atomic E-state index is 0.0517. The predicted octanol–water partition coefficient (Wildman–Crippen LogP) is 3.10. The summed E-state index contributed by atoms with van der Waals surface area (Å²) in [6.45, 7) is 3.60. The van der Waals surface area contributed by atoms with Crippen molar-refractivity contribution in [2.45, 2.75) is 26.4 Å². The summed E-state index contributed by atoms with van der Waals surface area (Å²) in [7, 11) is 0. The molecule has 2 aromatic carbocycles. The highest BCUT2D eigenvalue weighted by Crippen LogP contribution is 2.15. The zero-order valence-electron chi connectivity index (χ0n) is 14.8. The van der Waals surface area contributed by atoms with Gasteiger partial charge < -0.3 is 5.32 Å². The standard InChI is InChI=1S/C21H21N3O2/c1-15(17-9-5-3-6-10-17)22-20(25)14-24-16(2)23-19(13-21(24)26)18-11-7-4-8-12-18/h3-13,15H,14H2,1-2H3,(H,22,25)/t15-/m1/s1. The van der Waals surface area contributed by atoms with Gasteiger partial charge in [0.25, 0.3) is 5.56 Å². The number of aromatic nitrogens is 2. The highest BCUT2D eigenvalue weighted by molar-refractivity contribution is 5.76. The Morgan fingerprint density at radius 3 is 2.31 bits per heavy atom. The average Bonchev–Trinajstić information content (AvgIpc) is 2.66. The Bertz CT molecular complexity index is 950. The summed E-state index contributed by atoms with van der Waals surface area (Å²) in [6.07, 6.45) is 0. The molecule has 1 heterocycles. The van der Waals surface area contributed by atoms with Gasteiger partial charge in [-0.05, 0) is 19.4 Å². The Morgan fingerprint density at radius 2 is 1.69 bits per heavy atom. The van der Waals surface area contributed by atoms with Gasteiger partial charge >= 0.3 is 0 Å². The van der Waals surface area contributed by atoms with Gasteiger partial charge in [-0.15, -0.1) is 0 Å². The van der Waals surface area contributed by atoms with Crippen molar-refractivity contribution in [2.75, 3.05) is 0 Å². The van der Waals surface area contributed by atoms with E-state index in [1.165, 1.54) is 10.6 Å². The minimum Gasteiger partial charge on any atom is -0.348 e. The van der Waals surface area contributed by atoms with Crippen molar-refractivity contribution in [3.8, 4) is 11.3 Å². The van der Waals surface area contributed by atoms with Gasteiger partial charge in [0.15, 0.2) is 0 Å². The molecule has 1 aromatic heterocycles. The number of aryl methyl sites for hydroxylation is 1. The lowest BCUT2D eigenvalue weighted by molar-refractivity contribution is -0.122. The van der Waals surface area contributed by atoms with Gasteiger partial charge in [-0.3, -0.25) is 14.2 Å². The number of nitrogens with zero attached hydrogens (tertiary/aromatic N) is 2. The second-order valence-electron chi connectivity index (χ2n) is 6.18. The largest absolute Gasteiger partial charge is 0.348 e. The molecule has 5 nitrogen and oxygen atoms in total. The summed E-state index contributed by atoms with van der Waals surface area (Å²) >= 11 is 0. The molecule has 0 aliphatic heterocycles. The molecule has 0 unspecified atom stereocenters. The van der Waals surface area contributed by atoms with E-state index in [0.29, 0.717) is 11.5 Å². The number of hydrogen-bond acceptors (Lipinski definition) is 3. The third kappa shape index (κ3) is 4.06. The maximum atomic E-state index is 12.5. The van der Waals surface area contributed by atoms with Gasteiger partial charge in [-0.2, -0.15) is 0 Å². The fourth-order valence-corrected chi connectivity index (χ4v) is 2.83. The van der Waals surface area contributed by atoms with E-state index in [-0.39, 0.29) is 24.1 Å². The molecule has 0 aliphatic rings. The minimum atomic E-state index is -0.237. The van der Waals surface area contributed by atoms with Crippen LogP contribution in [0.1, 0.15) is 24.4 Å². The number of carbonyl (C=O) groups is 1. The fraction of sp³-hybridized carbons (Fsp3) is 0.190. The van der Waals surface area contributed by atoms with Crippen LogP contribution in [0.15, 0.2) is 71.5 Å². The molecule has 3 aromatic rings. The monoisotopic (exact) mass is 347 g/mol. The number of benzene rings is 2. The quantitative estimate of drug-likeness (QED) is 0.771. The van der Waals surface area contributed by atoms with Crippen LogP contribution in [0.25, 0.3) is 11.3 Å². The SMILES string of the molecule is Cc1nc(-c2ccccc2)cc(=O)n1CC(=O)N[C@H](C)c1ccccc1. The van der Waals surface area contributed by atoms with Gasteiger partial charge in [0.1, 0.15) is 12.4 Å². The second-order valence-corrected chi connectivity index (χ2v) is 6.18. The molecule has 3 rings (SSSR count). The molecular formula is C21H21N3O2. The molecule has 0 saturated carbocycles. The summed E-state index contributed by atoms with van der Waals surface area (Å²) in [5.74, 6) is 0.291. The van der Waals surface area contributed by atoms with E-state index < -0.39 is 0 Å².